The van der Waals surface area contributed by atoms with Crippen LogP contribution in [-0.4, -0.2) is 21.0 Å². The highest BCUT2D eigenvalue weighted by Crippen LogP contribution is 2.26. The first-order valence-corrected chi connectivity index (χ1v) is 5.56. The second-order valence-corrected chi connectivity index (χ2v) is 3.81. The lowest BCUT2D eigenvalue weighted by molar-refractivity contribution is -0.385. The molecule has 1 aromatic heterocycles. The Morgan fingerprint density at radius 2 is 2.19 bits per heavy atom. The first-order valence-electron chi connectivity index (χ1n) is 5.56. The minimum Gasteiger partial charge on any atom is -0.321 e. The number of rotatable bonds is 4. The summed E-state index contributed by atoms with van der Waals surface area (Å²) >= 11 is 0. The third-order valence-corrected chi connectivity index (χ3v) is 2.50. The lowest BCUT2D eigenvalue weighted by atomic mass is 10.1. The monoisotopic (exact) mass is 292 g/mol. The van der Waals surface area contributed by atoms with Gasteiger partial charge in [0.05, 0.1) is 16.7 Å². The molecule has 1 amide bonds. The number of hydrogen-bond donors (Lipinski definition) is 3. The van der Waals surface area contributed by atoms with Crippen molar-refractivity contribution in [2.75, 3.05) is 10.7 Å². The third kappa shape index (κ3) is 3.06. The lowest BCUT2D eigenvalue weighted by Crippen LogP contribution is -2.17. The normalized spacial score (nSPS) is 10.0. The molecule has 9 nitrogen and oxygen atoms in total. The van der Waals surface area contributed by atoms with Crippen LogP contribution in [0.3, 0.4) is 0 Å². The Bertz CT molecular complexity index is 694. The van der Waals surface area contributed by atoms with E-state index in [1.807, 2.05) is 5.43 Å². The summed E-state index contributed by atoms with van der Waals surface area (Å²) in [6, 6.07) is 4.52. The summed E-state index contributed by atoms with van der Waals surface area (Å²) in [5.41, 5.74) is 0.721. The highest BCUT2D eigenvalue weighted by Gasteiger charge is 2.23. The number of carbonyl (C=O) groups is 1. The number of nitrogens with one attached hydrogen (secondary N) is 2. The van der Waals surface area contributed by atoms with Crippen molar-refractivity contribution < 1.29 is 14.1 Å². The van der Waals surface area contributed by atoms with E-state index in [1.54, 1.807) is 0 Å². The molecule has 1 heterocycles. The molecule has 0 spiro atoms. The summed E-state index contributed by atoms with van der Waals surface area (Å²) < 4.78 is 13.5. The van der Waals surface area contributed by atoms with Gasteiger partial charge in [0.25, 0.3) is 11.6 Å². The van der Waals surface area contributed by atoms with Gasteiger partial charge < -0.3 is 10.7 Å². The zero-order valence-corrected chi connectivity index (χ0v) is 10.4. The number of nitrogens with zero attached hydrogens (tertiary/aromatic N) is 3. The van der Waals surface area contributed by atoms with Crippen molar-refractivity contribution in [3.63, 3.8) is 0 Å². The van der Waals surface area contributed by atoms with Crippen LogP contribution in [0.25, 0.3) is 0 Å². The lowest BCUT2D eigenvalue weighted by Gasteiger charge is -2.07. The smallest absolute Gasteiger partial charge is 0.285 e. The molecule has 0 aliphatic heterocycles. The van der Waals surface area contributed by atoms with Gasteiger partial charge in [-0.1, -0.05) is 0 Å². The van der Waals surface area contributed by atoms with Crippen molar-refractivity contribution in [2.45, 2.75) is 0 Å². The molecule has 0 aliphatic rings. The Morgan fingerprint density at radius 3 is 2.76 bits per heavy atom. The zero-order valence-electron chi connectivity index (χ0n) is 10.4. The molecule has 0 unspecified atom stereocenters. The second kappa shape index (κ2) is 5.88. The SMILES string of the molecule is NNc1cc(C(=O)Nc2cccnn2)c([N+](=O)[O-])cc1F. The van der Waals surface area contributed by atoms with E-state index >= 15 is 0 Å². The summed E-state index contributed by atoms with van der Waals surface area (Å²) in [6.07, 6.45) is 1.40. The molecule has 0 fully saturated rings. The quantitative estimate of drug-likeness (QED) is 0.435. The van der Waals surface area contributed by atoms with Gasteiger partial charge in [0.15, 0.2) is 11.6 Å². The fraction of sp³-hybridized carbons (Fsp3) is 0. The number of nitro benzene ring substituents is 1. The molecule has 2 rings (SSSR count). The van der Waals surface area contributed by atoms with Crippen molar-refractivity contribution >= 4 is 23.1 Å². The summed E-state index contributed by atoms with van der Waals surface area (Å²) in [5, 5.41) is 20.4. The Labute approximate surface area is 117 Å². The fourth-order valence-electron chi connectivity index (χ4n) is 1.56. The average molecular weight is 292 g/mol. The van der Waals surface area contributed by atoms with Gasteiger partial charge in [-0.25, -0.2) is 4.39 Å². The van der Waals surface area contributed by atoms with Gasteiger partial charge in [0.2, 0.25) is 0 Å². The Hall–Kier alpha value is -3.14. The van der Waals surface area contributed by atoms with Crippen molar-refractivity contribution in [3.05, 3.63) is 52.0 Å². The average Bonchev–Trinajstić information content (AvgIpc) is 2.47. The summed E-state index contributed by atoms with van der Waals surface area (Å²) in [7, 11) is 0. The first kappa shape index (κ1) is 14.3. The number of aromatic nitrogens is 2. The van der Waals surface area contributed by atoms with Crippen molar-refractivity contribution in [3.8, 4) is 0 Å². The maximum absolute atomic E-state index is 13.5. The number of hydrazine groups is 1. The summed E-state index contributed by atoms with van der Waals surface area (Å²) in [4.78, 5) is 22.1. The van der Waals surface area contributed by atoms with Gasteiger partial charge >= 0.3 is 0 Å². The van der Waals surface area contributed by atoms with E-state index in [9.17, 15) is 19.3 Å². The molecule has 21 heavy (non-hydrogen) atoms. The van der Waals surface area contributed by atoms with E-state index in [0.717, 1.165) is 6.07 Å². The number of benzene rings is 1. The predicted octanol–water partition coefficient (Wildman–Crippen LogP) is 1.06. The third-order valence-electron chi connectivity index (χ3n) is 2.50. The first-order chi connectivity index (χ1) is 10.0. The Balaban J connectivity index is 2.41. The van der Waals surface area contributed by atoms with Crippen LogP contribution in [0.4, 0.5) is 21.6 Å². The largest absolute Gasteiger partial charge is 0.321 e. The van der Waals surface area contributed by atoms with Crippen LogP contribution in [-0.2, 0) is 0 Å². The van der Waals surface area contributed by atoms with Gasteiger partial charge in [-0.2, -0.15) is 5.10 Å². The van der Waals surface area contributed by atoms with Crippen molar-refractivity contribution in [1.82, 2.24) is 10.2 Å². The van der Waals surface area contributed by atoms with Gasteiger partial charge in [-0.3, -0.25) is 20.8 Å². The molecular formula is C11H9FN6O3. The van der Waals surface area contributed by atoms with Crippen LogP contribution in [0.5, 0.6) is 0 Å². The van der Waals surface area contributed by atoms with E-state index in [4.69, 9.17) is 5.84 Å². The molecule has 0 radical (unpaired) electrons. The van der Waals surface area contributed by atoms with Crippen LogP contribution in [0.2, 0.25) is 0 Å². The minimum atomic E-state index is -0.944. The van der Waals surface area contributed by atoms with Gasteiger partial charge in [-0.15, -0.1) is 5.10 Å². The topological polar surface area (TPSA) is 136 Å². The van der Waals surface area contributed by atoms with Gasteiger partial charge in [0.1, 0.15) is 5.56 Å². The van der Waals surface area contributed by atoms with Crippen LogP contribution >= 0.6 is 0 Å². The van der Waals surface area contributed by atoms with E-state index in [0.29, 0.717) is 6.07 Å². The number of anilines is 2. The number of carbonyl (C=O) groups excluding carboxylic acids is 1. The maximum atomic E-state index is 13.5. The fourth-order valence-corrected chi connectivity index (χ4v) is 1.56. The second-order valence-electron chi connectivity index (χ2n) is 3.81. The van der Waals surface area contributed by atoms with E-state index < -0.39 is 22.3 Å². The van der Waals surface area contributed by atoms with Crippen LogP contribution < -0.4 is 16.6 Å². The number of nitrogen functional groups attached to an aromatic ring is 1. The molecule has 10 heteroatoms. The molecule has 0 bridgehead atoms. The standard InChI is InChI=1S/C11H9FN6O3/c12-7-5-9(18(20)21)6(4-8(7)16-13)11(19)15-10-2-1-3-14-17-10/h1-5,16H,13H2,(H,15,17,19). The maximum Gasteiger partial charge on any atom is 0.285 e. The highest BCUT2D eigenvalue weighted by molar-refractivity contribution is 6.07. The number of nitro groups is 1. The van der Waals surface area contributed by atoms with E-state index in [-0.39, 0.29) is 17.1 Å². The predicted molar refractivity (Wildman–Crippen MR) is 70.8 cm³/mol. The van der Waals surface area contributed by atoms with E-state index in [2.05, 4.69) is 15.5 Å². The summed E-state index contributed by atoms with van der Waals surface area (Å²) in [5.74, 6) is 3.41. The van der Waals surface area contributed by atoms with E-state index in [1.165, 1.54) is 18.3 Å². The van der Waals surface area contributed by atoms with Gasteiger partial charge in [0, 0.05) is 6.20 Å². The summed E-state index contributed by atoms with van der Waals surface area (Å²) in [6.45, 7) is 0. The molecule has 2 aromatic rings. The number of nitrogens with two attached hydrogens (primary N) is 1. The minimum absolute atomic E-state index is 0.100. The zero-order chi connectivity index (χ0) is 15.4. The Kier molecular flexibility index (Phi) is 4.00. The molecule has 0 saturated carbocycles. The molecular weight excluding hydrogens is 283 g/mol. The number of halogens is 1. The highest BCUT2D eigenvalue weighted by atomic mass is 19.1. The molecule has 0 atom stereocenters. The molecule has 4 N–H and O–H groups in total. The molecule has 108 valence electrons. The van der Waals surface area contributed by atoms with Crippen LogP contribution in [0, 0.1) is 15.9 Å². The van der Waals surface area contributed by atoms with Crippen molar-refractivity contribution in [2.24, 2.45) is 5.84 Å². The number of hydrogen-bond acceptors (Lipinski definition) is 7. The van der Waals surface area contributed by atoms with Crippen LogP contribution in [0.15, 0.2) is 30.5 Å². The molecule has 0 saturated heterocycles. The van der Waals surface area contributed by atoms with Crippen molar-refractivity contribution in [1.29, 1.82) is 0 Å². The Morgan fingerprint density at radius 1 is 1.43 bits per heavy atom. The number of amides is 1. The van der Waals surface area contributed by atoms with Gasteiger partial charge in [-0.05, 0) is 18.2 Å². The van der Waals surface area contributed by atoms with Crippen LogP contribution in [0.1, 0.15) is 10.4 Å². The molecule has 1 aromatic carbocycles. The molecule has 0 aliphatic carbocycles.